The second kappa shape index (κ2) is 9.39. The summed E-state index contributed by atoms with van der Waals surface area (Å²) in [5, 5.41) is 14.1. The molecular weight excluding hydrogens is 545 g/mol. The van der Waals surface area contributed by atoms with Gasteiger partial charge >= 0.3 is 0 Å². The van der Waals surface area contributed by atoms with Crippen LogP contribution < -0.4 is 0 Å². The van der Waals surface area contributed by atoms with Crippen molar-refractivity contribution in [2.24, 2.45) is 0 Å². The summed E-state index contributed by atoms with van der Waals surface area (Å²) in [5.41, 5.74) is 13.4. The lowest BCUT2D eigenvalue weighted by atomic mass is 9.92. The molecule has 0 amide bonds. The van der Waals surface area contributed by atoms with Gasteiger partial charge < -0.3 is 8.98 Å². The van der Waals surface area contributed by atoms with E-state index in [-0.39, 0.29) is 0 Å². The SMILES string of the molecule is N#Cc1ccc2c(c1)c1ccccc1n2-c1ccc2c(c1)-c1cc(-c3cccc4c3oc3ccccc34)ccc1CSC2. The minimum Gasteiger partial charge on any atom is -0.455 e. The van der Waals surface area contributed by atoms with Crippen LogP contribution in [0.5, 0.6) is 0 Å². The first kappa shape index (κ1) is 24.4. The highest BCUT2D eigenvalue weighted by Crippen LogP contribution is 2.42. The molecule has 8 aromatic rings. The highest BCUT2D eigenvalue weighted by atomic mass is 32.2. The van der Waals surface area contributed by atoms with Crippen LogP contribution in [0.1, 0.15) is 16.7 Å². The standard InChI is InChI=1S/C39H24N2OS/c40-21-24-12-17-37-35(18-24)30-6-1-3-10-36(30)41(37)28-16-15-27-23-43-22-26-14-13-25(19-33(26)34(27)20-28)29-8-5-9-32-31-7-2-4-11-38(31)42-39(29)32/h1-20H,22-23H2. The number of nitriles is 1. The van der Waals surface area contributed by atoms with Crippen LogP contribution in [0.15, 0.2) is 126 Å². The lowest BCUT2D eigenvalue weighted by Crippen LogP contribution is -1.97. The third-order valence-corrected chi connectivity index (χ3v) is 9.81. The van der Waals surface area contributed by atoms with Crippen molar-refractivity contribution in [1.82, 2.24) is 4.57 Å². The molecule has 43 heavy (non-hydrogen) atoms. The van der Waals surface area contributed by atoms with Crippen molar-refractivity contribution in [3.63, 3.8) is 0 Å². The maximum atomic E-state index is 9.58. The highest BCUT2D eigenvalue weighted by molar-refractivity contribution is 7.97. The third kappa shape index (κ3) is 3.69. The van der Waals surface area contributed by atoms with Gasteiger partial charge in [0.2, 0.25) is 0 Å². The molecule has 1 aliphatic heterocycles. The number of rotatable bonds is 2. The molecule has 0 spiro atoms. The largest absolute Gasteiger partial charge is 0.455 e. The maximum Gasteiger partial charge on any atom is 0.143 e. The van der Waals surface area contributed by atoms with Crippen molar-refractivity contribution in [1.29, 1.82) is 5.26 Å². The quantitative estimate of drug-likeness (QED) is 0.208. The number of furan rings is 1. The molecule has 0 saturated carbocycles. The van der Waals surface area contributed by atoms with E-state index in [1.165, 1.54) is 22.3 Å². The molecule has 0 radical (unpaired) electrons. The predicted octanol–water partition coefficient (Wildman–Crippen LogP) is 10.6. The number of thioether (sulfide) groups is 1. The zero-order chi connectivity index (χ0) is 28.5. The molecule has 3 nitrogen and oxygen atoms in total. The molecule has 1 aliphatic rings. The van der Waals surface area contributed by atoms with Crippen LogP contribution >= 0.6 is 11.8 Å². The summed E-state index contributed by atoms with van der Waals surface area (Å²) in [7, 11) is 0. The lowest BCUT2D eigenvalue weighted by Gasteiger charge is -2.15. The maximum absolute atomic E-state index is 9.58. The second-order valence-corrected chi connectivity index (χ2v) is 12.2. The van der Waals surface area contributed by atoms with E-state index in [1.54, 1.807) is 0 Å². The highest BCUT2D eigenvalue weighted by Gasteiger charge is 2.20. The Morgan fingerprint density at radius 1 is 0.605 bits per heavy atom. The summed E-state index contributed by atoms with van der Waals surface area (Å²) in [6.45, 7) is 0. The van der Waals surface area contributed by atoms with Gasteiger partial charge in [0.1, 0.15) is 11.2 Å². The summed E-state index contributed by atoms with van der Waals surface area (Å²) in [5.74, 6) is 1.94. The number of nitrogens with zero attached hydrogens (tertiary/aromatic N) is 2. The molecule has 0 saturated heterocycles. The van der Waals surface area contributed by atoms with Gasteiger partial charge in [-0.15, -0.1) is 0 Å². The van der Waals surface area contributed by atoms with E-state index < -0.39 is 0 Å². The number of aromatic nitrogens is 1. The molecule has 9 rings (SSSR count). The first-order chi connectivity index (χ1) is 21.3. The Bertz CT molecular complexity index is 2460. The van der Waals surface area contributed by atoms with Gasteiger partial charge in [-0.05, 0) is 76.3 Å². The molecule has 0 unspecified atom stereocenters. The summed E-state index contributed by atoms with van der Waals surface area (Å²) in [4.78, 5) is 0. The predicted molar refractivity (Wildman–Crippen MR) is 179 cm³/mol. The van der Waals surface area contributed by atoms with Crippen LogP contribution in [0.2, 0.25) is 0 Å². The zero-order valence-electron chi connectivity index (χ0n) is 23.2. The smallest absolute Gasteiger partial charge is 0.143 e. The summed E-state index contributed by atoms with van der Waals surface area (Å²) >= 11 is 1.96. The Morgan fingerprint density at radius 2 is 1.35 bits per heavy atom. The van der Waals surface area contributed by atoms with Crippen LogP contribution in [-0.4, -0.2) is 4.57 Å². The summed E-state index contributed by atoms with van der Waals surface area (Å²) < 4.78 is 8.75. The molecule has 2 aromatic heterocycles. The average Bonchev–Trinajstić information content (AvgIpc) is 3.54. The first-order valence-electron chi connectivity index (χ1n) is 14.4. The number of fused-ring (bicyclic) bond motifs is 9. The lowest BCUT2D eigenvalue weighted by molar-refractivity contribution is 0.670. The van der Waals surface area contributed by atoms with Gasteiger partial charge in [0, 0.05) is 44.3 Å². The zero-order valence-corrected chi connectivity index (χ0v) is 24.0. The van der Waals surface area contributed by atoms with E-state index in [4.69, 9.17) is 4.42 Å². The van der Waals surface area contributed by atoms with Gasteiger partial charge in [0.05, 0.1) is 22.7 Å². The minimum atomic E-state index is 0.676. The topological polar surface area (TPSA) is 41.9 Å². The average molecular weight is 569 g/mol. The van der Waals surface area contributed by atoms with E-state index in [0.29, 0.717) is 5.56 Å². The minimum absolute atomic E-state index is 0.676. The van der Waals surface area contributed by atoms with Crippen LogP contribution in [0.25, 0.3) is 71.7 Å². The number of hydrogen-bond donors (Lipinski definition) is 0. The van der Waals surface area contributed by atoms with Crippen molar-refractivity contribution in [3.05, 3.63) is 138 Å². The van der Waals surface area contributed by atoms with Crippen molar-refractivity contribution >= 4 is 55.5 Å². The van der Waals surface area contributed by atoms with Gasteiger partial charge in [-0.25, -0.2) is 0 Å². The molecule has 6 aromatic carbocycles. The van der Waals surface area contributed by atoms with Crippen molar-refractivity contribution in [2.45, 2.75) is 11.5 Å². The first-order valence-corrected chi connectivity index (χ1v) is 15.6. The van der Waals surface area contributed by atoms with E-state index in [2.05, 4.69) is 108 Å². The van der Waals surface area contributed by atoms with Crippen LogP contribution in [0.4, 0.5) is 0 Å². The second-order valence-electron chi connectivity index (χ2n) is 11.2. The van der Waals surface area contributed by atoms with Gasteiger partial charge in [0.15, 0.2) is 0 Å². The van der Waals surface area contributed by atoms with E-state index in [0.717, 1.165) is 72.1 Å². The normalized spacial score (nSPS) is 12.8. The van der Waals surface area contributed by atoms with E-state index in [1.807, 2.05) is 36.0 Å². The fourth-order valence-corrected chi connectivity index (χ4v) is 7.81. The van der Waals surface area contributed by atoms with Crippen molar-refractivity contribution in [2.75, 3.05) is 0 Å². The van der Waals surface area contributed by atoms with Gasteiger partial charge in [-0.1, -0.05) is 72.8 Å². The number of benzene rings is 6. The molecule has 0 N–H and O–H groups in total. The van der Waals surface area contributed by atoms with Crippen LogP contribution in [0.3, 0.4) is 0 Å². The summed E-state index contributed by atoms with van der Waals surface area (Å²) in [6.07, 6.45) is 0. The fourth-order valence-electron chi connectivity index (χ4n) is 6.77. The molecule has 202 valence electrons. The fraction of sp³-hybridized carbons (Fsp3) is 0.0513. The van der Waals surface area contributed by atoms with E-state index >= 15 is 0 Å². The van der Waals surface area contributed by atoms with Crippen LogP contribution in [-0.2, 0) is 11.5 Å². The molecule has 4 heteroatoms. The van der Waals surface area contributed by atoms with Gasteiger partial charge in [-0.3, -0.25) is 0 Å². The third-order valence-electron chi connectivity index (χ3n) is 8.78. The van der Waals surface area contributed by atoms with Crippen LogP contribution in [0, 0.1) is 11.3 Å². The molecule has 3 heterocycles. The molecule has 0 bridgehead atoms. The Labute approximate surface area is 252 Å². The number of para-hydroxylation sites is 3. The molecule has 0 aliphatic carbocycles. The van der Waals surface area contributed by atoms with Crippen molar-refractivity contribution < 1.29 is 4.42 Å². The number of hydrogen-bond acceptors (Lipinski definition) is 3. The Hall–Kier alpha value is -5.24. The van der Waals surface area contributed by atoms with Crippen molar-refractivity contribution in [3.8, 4) is 34.0 Å². The Balaban J connectivity index is 1.26. The summed E-state index contributed by atoms with van der Waals surface area (Å²) in [6, 6.07) is 45.3. The Kier molecular flexibility index (Phi) is 5.32. The molecule has 0 atom stereocenters. The van der Waals surface area contributed by atoms with Gasteiger partial charge in [0.25, 0.3) is 0 Å². The molecule has 0 fully saturated rings. The molecular formula is C39H24N2OS. The Morgan fingerprint density at radius 3 is 2.23 bits per heavy atom. The van der Waals surface area contributed by atoms with Gasteiger partial charge in [-0.2, -0.15) is 17.0 Å². The monoisotopic (exact) mass is 568 g/mol. The van der Waals surface area contributed by atoms with E-state index in [9.17, 15) is 5.26 Å².